The van der Waals surface area contributed by atoms with Crippen LogP contribution in [0.2, 0.25) is 0 Å². The molecule has 0 aromatic rings. The molecule has 0 heterocycles. The third-order valence-corrected chi connectivity index (χ3v) is 9.84. The molecule has 164 valence electrons. The smallest absolute Gasteiger partial charge is 0.302 e. The maximum atomic E-state index is 11.9. The summed E-state index contributed by atoms with van der Waals surface area (Å²) in [7, 11) is 0. The maximum Gasteiger partial charge on any atom is 0.302 e. The molecule has 4 fully saturated rings. The highest BCUT2D eigenvalue weighted by Gasteiger charge is 2.64. The van der Waals surface area contributed by atoms with Crippen LogP contribution < -0.4 is 0 Å². The maximum absolute atomic E-state index is 11.9. The zero-order valence-corrected chi connectivity index (χ0v) is 19.0. The lowest BCUT2D eigenvalue weighted by Crippen LogP contribution is -2.53. The normalized spacial score (nSPS) is 47.3. The molecule has 4 nitrogen and oxygen atoms in total. The van der Waals surface area contributed by atoms with Crippen LogP contribution in [0.4, 0.5) is 0 Å². The van der Waals surface area contributed by atoms with E-state index in [2.05, 4.69) is 13.8 Å². The fourth-order valence-electron chi connectivity index (χ4n) is 8.83. The number of carbonyl (C=O) groups is 2. The summed E-state index contributed by atoms with van der Waals surface area (Å²) in [5.41, 5.74) is 0.576. The van der Waals surface area contributed by atoms with Crippen molar-refractivity contribution in [2.75, 3.05) is 0 Å². The second kappa shape index (κ2) is 7.57. The summed E-state index contributed by atoms with van der Waals surface area (Å²) in [6.07, 6.45) is 11.3. The molecule has 0 aromatic carbocycles. The minimum absolute atomic E-state index is 0.0774. The van der Waals surface area contributed by atoms with Gasteiger partial charge >= 0.3 is 11.9 Å². The molecule has 4 aliphatic rings. The molecule has 9 atom stereocenters. The van der Waals surface area contributed by atoms with E-state index >= 15 is 0 Å². The number of hydrogen-bond acceptors (Lipinski definition) is 4. The third-order valence-electron chi connectivity index (χ3n) is 9.84. The van der Waals surface area contributed by atoms with Crippen molar-refractivity contribution in [3.05, 3.63) is 0 Å². The van der Waals surface area contributed by atoms with Gasteiger partial charge in [0, 0.05) is 19.8 Å². The number of esters is 2. The molecule has 0 aromatic heterocycles. The van der Waals surface area contributed by atoms with E-state index in [1.807, 2.05) is 6.92 Å². The Bertz CT molecular complexity index is 659. The van der Waals surface area contributed by atoms with Crippen LogP contribution in [0.25, 0.3) is 0 Å². The van der Waals surface area contributed by atoms with E-state index < -0.39 is 0 Å². The molecule has 4 aliphatic carbocycles. The van der Waals surface area contributed by atoms with Gasteiger partial charge in [-0.25, -0.2) is 0 Å². The van der Waals surface area contributed by atoms with Crippen LogP contribution in [0.1, 0.15) is 92.4 Å². The van der Waals surface area contributed by atoms with Gasteiger partial charge in [0.1, 0.15) is 12.2 Å². The second-order valence-electron chi connectivity index (χ2n) is 11.2. The van der Waals surface area contributed by atoms with Gasteiger partial charge in [0.25, 0.3) is 0 Å². The SMILES string of the molecule is CC(=O)O[C@H](C)[C@@H]1[C@H](OC(C)=O)C[C@@H]2[C@@H]3CC[C@@H]4CCCC[C@]4(C)[C@H]3CC[C@@]12C. The van der Waals surface area contributed by atoms with E-state index in [-0.39, 0.29) is 35.5 Å². The Labute approximate surface area is 176 Å². The molecule has 0 N–H and O–H groups in total. The first kappa shape index (κ1) is 21.2. The molecule has 0 unspecified atom stereocenters. The first-order valence-corrected chi connectivity index (χ1v) is 12.0. The molecule has 4 rings (SSSR count). The fourth-order valence-corrected chi connectivity index (χ4v) is 8.83. The van der Waals surface area contributed by atoms with Gasteiger partial charge in [-0.2, -0.15) is 0 Å². The summed E-state index contributed by atoms with van der Waals surface area (Å²) < 4.78 is 11.5. The monoisotopic (exact) mass is 404 g/mol. The van der Waals surface area contributed by atoms with Gasteiger partial charge in [0.15, 0.2) is 0 Å². The third kappa shape index (κ3) is 3.43. The largest absolute Gasteiger partial charge is 0.462 e. The van der Waals surface area contributed by atoms with Crippen molar-refractivity contribution in [2.24, 2.45) is 40.4 Å². The quantitative estimate of drug-likeness (QED) is 0.581. The van der Waals surface area contributed by atoms with Gasteiger partial charge in [-0.15, -0.1) is 0 Å². The Balaban J connectivity index is 1.64. The van der Waals surface area contributed by atoms with Crippen LogP contribution in [-0.2, 0) is 19.1 Å². The lowest BCUT2D eigenvalue weighted by Gasteiger charge is -2.60. The van der Waals surface area contributed by atoms with E-state index in [1.54, 1.807) is 0 Å². The van der Waals surface area contributed by atoms with Crippen molar-refractivity contribution < 1.29 is 19.1 Å². The Morgan fingerprint density at radius 2 is 1.66 bits per heavy atom. The van der Waals surface area contributed by atoms with Gasteiger partial charge in [0.05, 0.1) is 0 Å². The van der Waals surface area contributed by atoms with E-state index in [0.717, 1.165) is 30.6 Å². The van der Waals surface area contributed by atoms with Gasteiger partial charge in [-0.1, -0.05) is 26.7 Å². The molecule has 0 saturated heterocycles. The van der Waals surface area contributed by atoms with Crippen LogP contribution in [0.5, 0.6) is 0 Å². The number of rotatable bonds is 3. The first-order valence-electron chi connectivity index (χ1n) is 12.0. The van der Waals surface area contributed by atoms with Gasteiger partial charge in [-0.05, 0) is 86.4 Å². The van der Waals surface area contributed by atoms with Crippen molar-refractivity contribution in [2.45, 2.75) is 105 Å². The highest BCUT2D eigenvalue weighted by atomic mass is 16.6. The summed E-state index contributed by atoms with van der Waals surface area (Å²) in [4.78, 5) is 23.6. The van der Waals surface area contributed by atoms with Crippen LogP contribution in [-0.4, -0.2) is 24.1 Å². The average molecular weight is 405 g/mol. The summed E-state index contributed by atoms with van der Waals surface area (Å²) in [5.74, 6) is 2.64. The van der Waals surface area contributed by atoms with E-state index in [0.29, 0.717) is 11.3 Å². The number of fused-ring (bicyclic) bond motifs is 5. The van der Waals surface area contributed by atoms with Crippen LogP contribution >= 0.6 is 0 Å². The molecule has 4 saturated carbocycles. The van der Waals surface area contributed by atoms with Gasteiger partial charge in [-0.3, -0.25) is 9.59 Å². The Kier molecular flexibility index (Phi) is 5.53. The average Bonchev–Trinajstić information content (AvgIpc) is 2.91. The Morgan fingerprint density at radius 1 is 0.897 bits per heavy atom. The van der Waals surface area contributed by atoms with Crippen molar-refractivity contribution >= 4 is 11.9 Å². The van der Waals surface area contributed by atoms with E-state index in [9.17, 15) is 9.59 Å². The number of ether oxygens (including phenoxy) is 2. The number of carbonyl (C=O) groups excluding carboxylic acids is 2. The highest BCUT2D eigenvalue weighted by molar-refractivity contribution is 5.67. The number of hydrogen-bond donors (Lipinski definition) is 0. The predicted molar refractivity (Wildman–Crippen MR) is 112 cm³/mol. The predicted octanol–water partition coefficient (Wildman–Crippen LogP) is 5.53. The van der Waals surface area contributed by atoms with Crippen LogP contribution in [0.3, 0.4) is 0 Å². The van der Waals surface area contributed by atoms with Crippen LogP contribution in [0, 0.1) is 40.4 Å². The standard InChI is InChI=1S/C25H40O4/c1-15(28-16(2)26)23-22(29-17(3)27)14-21-19-10-9-18-8-6-7-12-24(18,4)20(19)11-13-25(21,23)5/h15,18-23H,6-14H2,1-5H3/t15-,18+,19-,20+,21-,22-,23-,24+,25-/m1/s1. The summed E-state index contributed by atoms with van der Waals surface area (Å²) in [6.45, 7) is 9.98. The van der Waals surface area contributed by atoms with E-state index in [1.165, 1.54) is 58.8 Å². The molecular formula is C25H40O4. The highest BCUT2D eigenvalue weighted by Crippen LogP contribution is 2.68. The minimum Gasteiger partial charge on any atom is -0.462 e. The van der Waals surface area contributed by atoms with Crippen LogP contribution in [0.15, 0.2) is 0 Å². The Morgan fingerprint density at radius 3 is 2.34 bits per heavy atom. The molecule has 4 heteroatoms. The first-order chi connectivity index (χ1) is 13.7. The van der Waals surface area contributed by atoms with Gasteiger partial charge < -0.3 is 9.47 Å². The molecule has 0 radical (unpaired) electrons. The van der Waals surface area contributed by atoms with E-state index in [4.69, 9.17) is 9.47 Å². The van der Waals surface area contributed by atoms with Crippen molar-refractivity contribution in [3.8, 4) is 0 Å². The second-order valence-corrected chi connectivity index (χ2v) is 11.2. The molecule has 0 amide bonds. The lowest BCUT2D eigenvalue weighted by atomic mass is 9.45. The summed E-state index contributed by atoms with van der Waals surface area (Å²) >= 11 is 0. The van der Waals surface area contributed by atoms with Crippen molar-refractivity contribution in [1.82, 2.24) is 0 Å². The fraction of sp³-hybridized carbons (Fsp3) is 0.920. The molecule has 0 aliphatic heterocycles. The summed E-state index contributed by atoms with van der Waals surface area (Å²) in [5, 5.41) is 0. The zero-order valence-electron chi connectivity index (χ0n) is 19.0. The Hall–Kier alpha value is -1.06. The minimum atomic E-state index is -0.241. The topological polar surface area (TPSA) is 52.6 Å². The molecule has 29 heavy (non-hydrogen) atoms. The van der Waals surface area contributed by atoms with Crippen molar-refractivity contribution in [1.29, 1.82) is 0 Å². The zero-order chi connectivity index (χ0) is 21.0. The summed E-state index contributed by atoms with van der Waals surface area (Å²) in [6, 6.07) is 0. The molecular weight excluding hydrogens is 364 g/mol. The lowest BCUT2D eigenvalue weighted by molar-refractivity contribution is -0.163. The molecule has 0 spiro atoms. The van der Waals surface area contributed by atoms with Crippen molar-refractivity contribution in [3.63, 3.8) is 0 Å². The molecule has 0 bridgehead atoms. The van der Waals surface area contributed by atoms with Gasteiger partial charge in [0.2, 0.25) is 0 Å².